The molecule has 4 rings (SSSR count). The zero-order chi connectivity index (χ0) is 21.3. The molecule has 2 aromatic heterocycles. The highest BCUT2D eigenvalue weighted by Crippen LogP contribution is 2.32. The van der Waals surface area contributed by atoms with E-state index in [1.54, 1.807) is 12.4 Å². The molecule has 4 heterocycles. The lowest BCUT2D eigenvalue weighted by molar-refractivity contribution is 0.233. The van der Waals surface area contributed by atoms with Crippen LogP contribution in [0.4, 0.5) is 11.8 Å². The summed E-state index contributed by atoms with van der Waals surface area (Å²) in [6, 6.07) is 0. The summed E-state index contributed by atoms with van der Waals surface area (Å²) in [5, 5.41) is 13.4. The van der Waals surface area contributed by atoms with Crippen LogP contribution >= 0.6 is 11.6 Å². The Balaban J connectivity index is 1.59. The molecule has 30 heavy (non-hydrogen) atoms. The summed E-state index contributed by atoms with van der Waals surface area (Å²) in [6.07, 6.45) is 7.62. The first-order valence-electron chi connectivity index (χ1n) is 9.96. The van der Waals surface area contributed by atoms with E-state index in [1.165, 1.54) is 0 Å². The molecule has 10 heteroatoms. The van der Waals surface area contributed by atoms with E-state index in [0.29, 0.717) is 39.7 Å². The molecule has 0 aromatic carbocycles. The smallest absolute Gasteiger partial charge is 0.227 e. The van der Waals surface area contributed by atoms with Gasteiger partial charge in [-0.05, 0) is 32.3 Å². The molecule has 2 aromatic rings. The van der Waals surface area contributed by atoms with Gasteiger partial charge in [-0.25, -0.2) is 15.0 Å². The molecule has 0 bridgehead atoms. The summed E-state index contributed by atoms with van der Waals surface area (Å²) in [5.41, 5.74) is 1.33. The van der Waals surface area contributed by atoms with Gasteiger partial charge in [-0.1, -0.05) is 17.7 Å². The third kappa shape index (κ3) is 4.48. The largest absolute Gasteiger partial charge is 0.394 e. The third-order valence-corrected chi connectivity index (χ3v) is 6.81. The predicted octanol–water partition coefficient (Wildman–Crippen LogP) is 2.45. The molecule has 0 amide bonds. The minimum absolute atomic E-state index is 0.0637. The lowest BCUT2D eigenvalue weighted by Crippen LogP contribution is -2.36. The fourth-order valence-electron chi connectivity index (χ4n) is 3.52. The van der Waals surface area contributed by atoms with E-state index in [1.807, 2.05) is 13.8 Å². The topological polar surface area (TPSA) is 104 Å². The average molecular weight is 449 g/mol. The van der Waals surface area contributed by atoms with E-state index in [0.717, 1.165) is 37.2 Å². The van der Waals surface area contributed by atoms with Gasteiger partial charge in [0.25, 0.3) is 0 Å². The zero-order valence-electron chi connectivity index (χ0n) is 17.1. The molecular weight excluding hydrogens is 424 g/mol. The van der Waals surface area contributed by atoms with Crippen molar-refractivity contribution in [2.24, 2.45) is 0 Å². The van der Waals surface area contributed by atoms with Crippen LogP contribution in [0, 0.1) is 0 Å². The van der Waals surface area contributed by atoms with Crippen LogP contribution in [0.5, 0.6) is 0 Å². The van der Waals surface area contributed by atoms with E-state index < -0.39 is 16.3 Å². The quantitative estimate of drug-likeness (QED) is 0.718. The second kappa shape index (κ2) is 8.56. The number of fused-ring (bicyclic) bond motifs is 1. The second-order valence-electron chi connectivity index (χ2n) is 8.09. The first-order valence-corrected chi connectivity index (χ1v) is 11.7. The molecule has 0 radical (unpaired) electrons. The molecule has 1 atom stereocenters. The Morgan fingerprint density at radius 1 is 1.23 bits per heavy atom. The minimum atomic E-state index is -1.12. The number of halogens is 1. The molecule has 8 nitrogen and oxygen atoms in total. The zero-order valence-corrected chi connectivity index (χ0v) is 18.6. The molecule has 2 N–H and O–H groups in total. The average Bonchev–Trinajstić information content (AvgIpc) is 2.94. The van der Waals surface area contributed by atoms with Crippen molar-refractivity contribution in [2.45, 2.75) is 43.5 Å². The summed E-state index contributed by atoms with van der Waals surface area (Å²) >= 11 is 5.90. The lowest BCUT2D eigenvalue weighted by Gasteiger charge is -2.27. The van der Waals surface area contributed by atoms with Gasteiger partial charge in [0.05, 0.1) is 33.7 Å². The fourth-order valence-corrected chi connectivity index (χ4v) is 4.92. The van der Waals surface area contributed by atoms with Crippen molar-refractivity contribution in [3.8, 4) is 0 Å². The SMILES string of the molecule is CC(C)(CO)Nc1nc(N2CCC=C(c3ncc(Cl)cn3)CC2)nc2c1S(=O)CC2. The van der Waals surface area contributed by atoms with Crippen LogP contribution < -0.4 is 10.2 Å². The molecule has 0 fully saturated rings. The van der Waals surface area contributed by atoms with Gasteiger partial charge in [0.1, 0.15) is 10.7 Å². The third-order valence-electron chi connectivity index (χ3n) is 5.16. The van der Waals surface area contributed by atoms with Gasteiger partial charge in [-0.3, -0.25) is 4.21 Å². The van der Waals surface area contributed by atoms with Gasteiger partial charge in [-0.15, -0.1) is 0 Å². The monoisotopic (exact) mass is 448 g/mol. The Morgan fingerprint density at radius 3 is 2.73 bits per heavy atom. The highest BCUT2D eigenvalue weighted by atomic mass is 35.5. The van der Waals surface area contributed by atoms with Crippen molar-refractivity contribution < 1.29 is 9.32 Å². The first-order chi connectivity index (χ1) is 14.4. The lowest BCUT2D eigenvalue weighted by atomic mass is 10.1. The molecule has 160 valence electrons. The van der Waals surface area contributed by atoms with Crippen molar-refractivity contribution in [1.82, 2.24) is 19.9 Å². The van der Waals surface area contributed by atoms with Crippen LogP contribution in [0.1, 0.15) is 38.2 Å². The van der Waals surface area contributed by atoms with E-state index >= 15 is 0 Å². The maximum absolute atomic E-state index is 12.5. The Kier molecular flexibility index (Phi) is 6.04. The number of rotatable bonds is 5. The number of aliphatic hydroxyl groups excluding tert-OH is 1. The molecule has 0 spiro atoms. The van der Waals surface area contributed by atoms with Crippen molar-refractivity contribution in [2.75, 3.05) is 35.7 Å². The maximum atomic E-state index is 12.5. The van der Waals surface area contributed by atoms with Crippen molar-refractivity contribution in [3.63, 3.8) is 0 Å². The predicted molar refractivity (Wildman–Crippen MR) is 118 cm³/mol. The number of nitrogens with one attached hydrogen (secondary N) is 1. The van der Waals surface area contributed by atoms with Crippen LogP contribution in [0.25, 0.3) is 5.57 Å². The second-order valence-corrected chi connectivity index (χ2v) is 10.0. The number of aryl methyl sites for hydroxylation is 1. The van der Waals surface area contributed by atoms with E-state index in [-0.39, 0.29) is 6.61 Å². The van der Waals surface area contributed by atoms with Gasteiger partial charge in [-0.2, -0.15) is 4.98 Å². The van der Waals surface area contributed by atoms with E-state index in [4.69, 9.17) is 21.6 Å². The number of aromatic nitrogens is 4. The van der Waals surface area contributed by atoms with Crippen LogP contribution in [-0.4, -0.2) is 60.2 Å². The van der Waals surface area contributed by atoms with Crippen molar-refractivity contribution in [1.29, 1.82) is 0 Å². The highest BCUT2D eigenvalue weighted by Gasteiger charge is 2.30. The normalized spacial score (nSPS) is 19.3. The van der Waals surface area contributed by atoms with Gasteiger partial charge < -0.3 is 15.3 Å². The highest BCUT2D eigenvalue weighted by molar-refractivity contribution is 7.85. The summed E-state index contributed by atoms with van der Waals surface area (Å²) in [7, 11) is -1.12. The van der Waals surface area contributed by atoms with Gasteiger partial charge >= 0.3 is 0 Å². The fraction of sp³-hybridized carbons (Fsp3) is 0.500. The molecule has 2 aliphatic heterocycles. The van der Waals surface area contributed by atoms with Gasteiger partial charge in [0, 0.05) is 37.7 Å². The molecule has 0 saturated heterocycles. The number of hydrogen-bond donors (Lipinski definition) is 2. The Morgan fingerprint density at radius 2 is 2.00 bits per heavy atom. The standard InChI is InChI=1S/C20H25ClN6O2S/c1-20(2,12-28)26-18-16-15(6-9-30(16)29)24-19(25-18)27-7-3-4-13(5-8-27)17-22-10-14(21)11-23-17/h4,10-11,28H,3,5-9,12H2,1-2H3,(H,24,25,26). The Labute approximate surface area is 183 Å². The molecule has 2 aliphatic rings. The van der Waals surface area contributed by atoms with Crippen molar-refractivity contribution >= 4 is 39.7 Å². The van der Waals surface area contributed by atoms with Crippen LogP contribution in [0.2, 0.25) is 5.02 Å². The Bertz CT molecular complexity index is 996. The molecule has 1 unspecified atom stereocenters. The number of aliphatic hydroxyl groups is 1. The summed E-state index contributed by atoms with van der Waals surface area (Å²) < 4.78 is 12.5. The maximum Gasteiger partial charge on any atom is 0.227 e. The molecule has 0 aliphatic carbocycles. The molecular formula is C20H25ClN6O2S. The minimum Gasteiger partial charge on any atom is -0.394 e. The van der Waals surface area contributed by atoms with Gasteiger partial charge in [0.15, 0.2) is 5.82 Å². The number of hydrogen-bond acceptors (Lipinski definition) is 8. The number of nitrogens with zero attached hydrogens (tertiary/aromatic N) is 5. The Hall–Kier alpha value is -2.10. The van der Waals surface area contributed by atoms with Crippen LogP contribution in [-0.2, 0) is 17.2 Å². The van der Waals surface area contributed by atoms with Crippen LogP contribution in [0.3, 0.4) is 0 Å². The van der Waals surface area contributed by atoms with E-state index in [2.05, 4.69) is 26.3 Å². The summed E-state index contributed by atoms with van der Waals surface area (Å²) in [4.78, 5) is 20.9. The first kappa shape index (κ1) is 21.1. The van der Waals surface area contributed by atoms with Crippen molar-refractivity contribution in [3.05, 3.63) is 35.0 Å². The molecule has 0 saturated carbocycles. The summed E-state index contributed by atoms with van der Waals surface area (Å²) in [6.45, 7) is 5.19. The number of anilines is 2. The van der Waals surface area contributed by atoms with E-state index in [9.17, 15) is 9.32 Å². The summed E-state index contributed by atoms with van der Waals surface area (Å²) in [5.74, 6) is 2.43. The van der Waals surface area contributed by atoms with Gasteiger partial charge in [0.2, 0.25) is 5.95 Å². The van der Waals surface area contributed by atoms with Crippen LogP contribution in [0.15, 0.2) is 23.4 Å².